The Balaban J connectivity index is 1.84. The van der Waals surface area contributed by atoms with Crippen molar-refractivity contribution in [1.82, 2.24) is 4.90 Å². The fourth-order valence-corrected chi connectivity index (χ4v) is 4.34. The first-order chi connectivity index (χ1) is 15.3. The molecule has 0 saturated heterocycles. The molecule has 0 aliphatic heterocycles. The summed E-state index contributed by atoms with van der Waals surface area (Å²) in [6.45, 7) is 8.10. The van der Waals surface area contributed by atoms with Crippen LogP contribution in [0, 0.1) is 0 Å². The molecule has 0 bridgehead atoms. The Hall–Kier alpha value is -3.10. The van der Waals surface area contributed by atoms with E-state index in [2.05, 4.69) is 116 Å². The molecule has 0 aromatic heterocycles. The number of hydrogen-bond donors (Lipinski definition) is 0. The van der Waals surface area contributed by atoms with Crippen LogP contribution in [0.5, 0.6) is 5.75 Å². The topological polar surface area (TPSA) is 12.5 Å². The average molecular weight is 410 g/mol. The number of likely N-dealkylation sites (N-methyl/N-ethyl adjacent to an activating group) is 1. The molecule has 0 saturated carbocycles. The number of fused-ring (bicyclic) bond motifs is 1. The third kappa shape index (κ3) is 4.81. The van der Waals surface area contributed by atoms with Crippen LogP contribution in [0.4, 0.5) is 0 Å². The monoisotopic (exact) mass is 409 g/mol. The van der Waals surface area contributed by atoms with E-state index in [4.69, 9.17) is 4.74 Å². The second-order valence-corrected chi connectivity index (χ2v) is 7.83. The highest BCUT2D eigenvalue weighted by Crippen LogP contribution is 2.41. The van der Waals surface area contributed by atoms with Gasteiger partial charge in [-0.1, -0.05) is 105 Å². The predicted octanol–water partition coefficient (Wildman–Crippen LogP) is 6.74. The lowest BCUT2D eigenvalue weighted by molar-refractivity contribution is 0.222. The molecule has 2 nitrogen and oxygen atoms in total. The highest BCUT2D eigenvalue weighted by molar-refractivity contribution is 5.89. The van der Waals surface area contributed by atoms with E-state index in [1.165, 1.54) is 27.5 Å². The van der Waals surface area contributed by atoms with Crippen molar-refractivity contribution >= 4 is 10.8 Å². The van der Waals surface area contributed by atoms with Crippen molar-refractivity contribution in [2.45, 2.75) is 19.8 Å². The molecule has 2 heteroatoms. The maximum atomic E-state index is 6.46. The summed E-state index contributed by atoms with van der Waals surface area (Å²) in [5, 5.41) is 2.49. The van der Waals surface area contributed by atoms with Crippen molar-refractivity contribution < 1.29 is 4.74 Å². The Morgan fingerprint density at radius 2 is 1.26 bits per heavy atom. The molecule has 0 atom stereocenters. The molecule has 0 amide bonds. The summed E-state index contributed by atoms with van der Waals surface area (Å²) in [5.41, 5.74) is 3.80. The van der Waals surface area contributed by atoms with Crippen LogP contribution in [0.25, 0.3) is 10.8 Å². The van der Waals surface area contributed by atoms with Crippen molar-refractivity contribution in [3.8, 4) is 5.75 Å². The Bertz CT molecular complexity index is 1050. The number of nitrogens with zero attached hydrogens (tertiary/aromatic N) is 1. The van der Waals surface area contributed by atoms with Gasteiger partial charge in [0.25, 0.3) is 0 Å². The standard InChI is InChI=1S/C29H31NO/c1-3-30(4-2)21-22-31-27-20-19-23-13-11-12-18-26(23)29(27)28(24-14-7-5-8-15-24)25-16-9-6-10-17-25/h5-20,28H,3-4,21-22H2,1-2H3. The molecule has 0 N–H and O–H groups in total. The zero-order chi connectivity index (χ0) is 21.5. The summed E-state index contributed by atoms with van der Waals surface area (Å²) in [6, 6.07) is 34.5. The second-order valence-electron chi connectivity index (χ2n) is 7.83. The van der Waals surface area contributed by atoms with Crippen LogP contribution in [-0.2, 0) is 0 Å². The predicted molar refractivity (Wildman–Crippen MR) is 131 cm³/mol. The van der Waals surface area contributed by atoms with Gasteiger partial charge in [-0.05, 0) is 41.1 Å². The van der Waals surface area contributed by atoms with E-state index in [0.29, 0.717) is 6.61 Å². The van der Waals surface area contributed by atoms with Crippen molar-refractivity contribution in [1.29, 1.82) is 0 Å². The summed E-state index contributed by atoms with van der Waals surface area (Å²) in [5.74, 6) is 1.08. The summed E-state index contributed by atoms with van der Waals surface area (Å²) in [7, 11) is 0. The molecule has 0 spiro atoms. The van der Waals surface area contributed by atoms with E-state index in [-0.39, 0.29) is 5.92 Å². The van der Waals surface area contributed by atoms with Gasteiger partial charge in [-0.25, -0.2) is 0 Å². The lowest BCUT2D eigenvalue weighted by Gasteiger charge is -2.25. The van der Waals surface area contributed by atoms with Crippen molar-refractivity contribution in [3.05, 3.63) is 114 Å². The summed E-state index contributed by atoms with van der Waals surface area (Å²) in [6.07, 6.45) is 0. The average Bonchev–Trinajstić information content (AvgIpc) is 2.84. The molecule has 4 aromatic carbocycles. The van der Waals surface area contributed by atoms with Gasteiger partial charge in [0.1, 0.15) is 12.4 Å². The number of ether oxygens (including phenoxy) is 1. The zero-order valence-corrected chi connectivity index (χ0v) is 18.5. The SMILES string of the molecule is CCN(CC)CCOc1ccc2ccccc2c1C(c1ccccc1)c1ccccc1. The quantitative estimate of drug-likeness (QED) is 0.284. The molecule has 158 valence electrons. The smallest absolute Gasteiger partial charge is 0.124 e. The molecule has 0 radical (unpaired) electrons. The van der Waals surface area contributed by atoms with Gasteiger partial charge < -0.3 is 9.64 Å². The molecule has 0 heterocycles. The molecule has 0 aliphatic rings. The highest BCUT2D eigenvalue weighted by Gasteiger charge is 2.23. The van der Waals surface area contributed by atoms with Crippen LogP contribution in [0.15, 0.2) is 97.1 Å². The molecular formula is C29H31NO. The number of rotatable bonds is 9. The second kappa shape index (κ2) is 10.3. The van der Waals surface area contributed by atoms with Crippen LogP contribution in [0.2, 0.25) is 0 Å². The lowest BCUT2D eigenvalue weighted by Crippen LogP contribution is -2.28. The summed E-state index contributed by atoms with van der Waals surface area (Å²) < 4.78 is 6.46. The van der Waals surface area contributed by atoms with Crippen molar-refractivity contribution in [2.75, 3.05) is 26.2 Å². The zero-order valence-electron chi connectivity index (χ0n) is 18.5. The third-order valence-electron chi connectivity index (χ3n) is 6.04. The van der Waals surface area contributed by atoms with Gasteiger partial charge in [0.2, 0.25) is 0 Å². The Morgan fingerprint density at radius 3 is 1.87 bits per heavy atom. The van der Waals surface area contributed by atoms with E-state index < -0.39 is 0 Å². The first kappa shape index (κ1) is 21.1. The van der Waals surface area contributed by atoms with Crippen LogP contribution < -0.4 is 4.74 Å². The van der Waals surface area contributed by atoms with E-state index in [1.807, 2.05) is 0 Å². The highest BCUT2D eigenvalue weighted by atomic mass is 16.5. The van der Waals surface area contributed by atoms with Gasteiger partial charge in [0.15, 0.2) is 0 Å². The first-order valence-corrected chi connectivity index (χ1v) is 11.3. The molecule has 0 aliphatic carbocycles. The van der Waals surface area contributed by atoms with Gasteiger partial charge >= 0.3 is 0 Å². The normalized spacial score (nSPS) is 11.4. The Kier molecular flexibility index (Phi) is 7.01. The molecule has 31 heavy (non-hydrogen) atoms. The van der Waals surface area contributed by atoms with E-state index >= 15 is 0 Å². The van der Waals surface area contributed by atoms with Gasteiger partial charge in [-0.15, -0.1) is 0 Å². The maximum absolute atomic E-state index is 6.46. The van der Waals surface area contributed by atoms with Crippen LogP contribution in [-0.4, -0.2) is 31.1 Å². The Morgan fingerprint density at radius 1 is 0.677 bits per heavy atom. The van der Waals surface area contributed by atoms with Crippen LogP contribution >= 0.6 is 0 Å². The van der Waals surface area contributed by atoms with E-state index in [9.17, 15) is 0 Å². The summed E-state index contributed by atoms with van der Waals surface area (Å²) >= 11 is 0. The minimum absolute atomic E-state index is 0.108. The van der Waals surface area contributed by atoms with Gasteiger partial charge in [0.05, 0.1) is 0 Å². The number of hydrogen-bond acceptors (Lipinski definition) is 2. The first-order valence-electron chi connectivity index (χ1n) is 11.3. The van der Waals surface area contributed by atoms with Crippen LogP contribution in [0.3, 0.4) is 0 Å². The van der Waals surface area contributed by atoms with Crippen LogP contribution in [0.1, 0.15) is 36.5 Å². The van der Waals surface area contributed by atoms with Crippen molar-refractivity contribution in [2.24, 2.45) is 0 Å². The Labute approximate surface area is 186 Å². The van der Waals surface area contributed by atoms with Gasteiger partial charge in [-0.3, -0.25) is 0 Å². The van der Waals surface area contributed by atoms with E-state index in [1.54, 1.807) is 0 Å². The fraction of sp³-hybridized carbons (Fsp3) is 0.241. The molecule has 4 aromatic rings. The third-order valence-corrected chi connectivity index (χ3v) is 6.04. The molecule has 4 rings (SSSR count). The molecular weight excluding hydrogens is 378 g/mol. The largest absolute Gasteiger partial charge is 0.492 e. The summed E-state index contributed by atoms with van der Waals surface area (Å²) in [4.78, 5) is 2.40. The maximum Gasteiger partial charge on any atom is 0.124 e. The molecule has 0 unspecified atom stereocenters. The molecule has 0 fully saturated rings. The van der Waals surface area contributed by atoms with Crippen molar-refractivity contribution in [3.63, 3.8) is 0 Å². The minimum atomic E-state index is 0.108. The number of benzene rings is 4. The van der Waals surface area contributed by atoms with E-state index in [0.717, 1.165) is 25.4 Å². The minimum Gasteiger partial charge on any atom is -0.492 e. The van der Waals surface area contributed by atoms with Gasteiger partial charge in [-0.2, -0.15) is 0 Å². The van der Waals surface area contributed by atoms with Gasteiger partial charge in [0, 0.05) is 18.0 Å². The lowest BCUT2D eigenvalue weighted by atomic mass is 9.82. The fourth-order valence-electron chi connectivity index (χ4n) is 4.34.